The average molecular weight is 367 g/mol. The quantitative estimate of drug-likeness (QED) is 0.888. The second kappa shape index (κ2) is 6.53. The molecule has 4 nitrogen and oxygen atoms in total. The van der Waals surface area contributed by atoms with Crippen LogP contribution in [0.3, 0.4) is 0 Å². The van der Waals surface area contributed by atoms with Crippen molar-refractivity contribution < 1.29 is 14.3 Å². The summed E-state index contributed by atoms with van der Waals surface area (Å²) in [7, 11) is 0. The first-order valence-electron chi connectivity index (χ1n) is 9.12. The molecule has 0 bridgehead atoms. The first-order chi connectivity index (χ1) is 12.0. The van der Waals surface area contributed by atoms with Crippen LogP contribution in [0, 0.1) is 17.2 Å². The van der Waals surface area contributed by atoms with Crippen LogP contribution in [-0.2, 0) is 11.3 Å². The Balaban J connectivity index is 1.47. The molecule has 0 radical (unpaired) electrons. The van der Waals surface area contributed by atoms with Gasteiger partial charge in [0.05, 0.1) is 10.4 Å². The number of benzene rings is 1. The summed E-state index contributed by atoms with van der Waals surface area (Å²) in [6.07, 6.45) is 4.94. The molecule has 0 unspecified atom stereocenters. The maximum atomic E-state index is 13.7. The minimum absolute atomic E-state index is 0.122. The highest BCUT2D eigenvalue weighted by Gasteiger charge is 2.58. The summed E-state index contributed by atoms with van der Waals surface area (Å²) in [6, 6.07) is 5.41. The van der Waals surface area contributed by atoms with Gasteiger partial charge in [-0.2, -0.15) is 0 Å². The highest BCUT2D eigenvalue weighted by molar-refractivity contribution is 6.30. The molecule has 0 spiro atoms. The van der Waals surface area contributed by atoms with Gasteiger partial charge in [-0.05, 0) is 30.5 Å². The summed E-state index contributed by atoms with van der Waals surface area (Å²) in [4.78, 5) is 16.7. The van der Waals surface area contributed by atoms with Gasteiger partial charge in [-0.3, -0.25) is 14.6 Å². The Morgan fingerprint density at radius 3 is 2.68 bits per heavy atom. The maximum absolute atomic E-state index is 13.7. The monoisotopic (exact) mass is 366 g/mol. The fourth-order valence-electron chi connectivity index (χ4n) is 5.07. The van der Waals surface area contributed by atoms with Crippen LogP contribution in [-0.4, -0.2) is 53.1 Å². The van der Waals surface area contributed by atoms with Crippen LogP contribution in [0.4, 0.5) is 4.39 Å². The Kier molecular flexibility index (Phi) is 4.50. The molecule has 2 aliphatic heterocycles. The average Bonchev–Trinajstić information content (AvgIpc) is 3.24. The van der Waals surface area contributed by atoms with E-state index in [1.807, 2.05) is 6.07 Å². The van der Waals surface area contributed by atoms with E-state index in [0.29, 0.717) is 25.7 Å². The Hall–Kier alpha value is -1.17. The number of hydrogen-bond donors (Lipinski definition) is 1. The van der Waals surface area contributed by atoms with Gasteiger partial charge in [0.2, 0.25) is 0 Å². The molecule has 25 heavy (non-hydrogen) atoms. The summed E-state index contributed by atoms with van der Waals surface area (Å²) in [5.74, 6) is -0.940. The molecule has 4 rings (SSSR count). The van der Waals surface area contributed by atoms with E-state index >= 15 is 0 Å². The first-order valence-corrected chi connectivity index (χ1v) is 9.49. The molecule has 2 atom stereocenters. The van der Waals surface area contributed by atoms with Gasteiger partial charge in [0, 0.05) is 44.7 Å². The largest absolute Gasteiger partial charge is 0.481 e. The molecular formula is C19H24ClFN2O2. The van der Waals surface area contributed by atoms with E-state index in [1.54, 1.807) is 6.07 Å². The lowest BCUT2D eigenvalue weighted by atomic mass is 9.81. The molecule has 3 fully saturated rings. The zero-order valence-corrected chi connectivity index (χ0v) is 15.0. The van der Waals surface area contributed by atoms with Crippen LogP contribution in [0.2, 0.25) is 5.02 Å². The van der Waals surface area contributed by atoms with Crippen molar-refractivity contribution in [2.24, 2.45) is 11.3 Å². The summed E-state index contributed by atoms with van der Waals surface area (Å²) in [5.41, 5.74) is 0.170. The van der Waals surface area contributed by atoms with Crippen molar-refractivity contribution in [2.45, 2.75) is 38.3 Å². The van der Waals surface area contributed by atoms with E-state index in [1.165, 1.54) is 31.7 Å². The van der Waals surface area contributed by atoms with Crippen LogP contribution >= 0.6 is 11.6 Å². The highest BCUT2D eigenvalue weighted by atomic mass is 35.5. The van der Waals surface area contributed by atoms with E-state index in [4.69, 9.17) is 11.6 Å². The number of carboxylic acids is 1. The third-order valence-corrected chi connectivity index (χ3v) is 6.67. The van der Waals surface area contributed by atoms with Gasteiger partial charge in [-0.1, -0.05) is 30.5 Å². The molecule has 1 aromatic rings. The summed E-state index contributed by atoms with van der Waals surface area (Å²) < 4.78 is 13.7. The number of rotatable bonds is 4. The molecule has 2 heterocycles. The SMILES string of the molecule is O=C(O)[C@@]12CN(Cc3ccc(Cl)c(F)c3)C[C@@H]1CN(C1CCCC1)C2. The van der Waals surface area contributed by atoms with Crippen molar-refractivity contribution >= 4 is 17.6 Å². The van der Waals surface area contributed by atoms with Gasteiger partial charge >= 0.3 is 5.97 Å². The molecule has 1 saturated carbocycles. The van der Waals surface area contributed by atoms with Crippen LogP contribution in [0.25, 0.3) is 0 Å². The molecule has 3 aliphatic rings. The fourth-order valence-corrected chi connectivity index (χ4v) is 5.19. The van der Waals surface area contributed by atoms with Crippen molar-refractivity contribution in [3.63, 3.8) is 0 Å². The van der Waals surface area contributed by atoms with Gasteiger partial charge < -0.3 is 5.11 Å². The normalized spacial score (nSPS) is 30.9. The van der Waals surface area contributed by atoms with Crippen molar-refractivity contribution in [1.29, 1.82) is 0 Å². The predicted molar refractivity (Wildman–Crippen MR) is 94.1 cm³/mol. The number of fused-ring (bicyclic) bond motifs is 1. The molecule has 1 aromatic carbocycles. The zero-order valence-electron chi connectivity index (χ0n) is 14.3. The fraction of sp³-hybridized carbons (Fsp3) is 0.632. The van der Waals surface area contributed by atoms with Crippen molar-refractivity contribution in [3.05, 3.63) is 34.6 Å². The second-order valence-corrected chi connectivity index (χ2v) is 8.35. The van der Waals surface area contributed by atoms with Crippen LogP contribution in [0.5, 0.6) is 0 Å². The van der Waals surface area contributed by atoms with Crippen LogP contribution in [0.1, 0.15) is 31.2 Å². The Morgan fingerprint density at radius 2 is 2.04 bits per heavy atom. The molecule has 6 heteroatoms. The van der Waals surface area contributed by atoms with Gasteiger partial charge in [0.1, 0.15) is 5.82 Å². The number of nitrogens with zero attached hydrogens (tertiary/aromatic N) is 2. The first kappa shape index (κ1) is 17.3. The van der Waals surface area contributed by atoms with Gasteiger partial charge in [-0.15, -0.1) is 0 Å². The predicted octanol–water partition coefficient (Wildman–Crippen LogP) is 3.24. The lowest BCUT2D eigenvalue weighted by molar-refractivity contribution is -0.149. The molecule has 1 N–H and O–H groups in total. The Bertz CT molecular complexity index is 679. The van der Waals surface area contributed by atoms with E-state index < -0.39 is 17.2 Å². The molecular weight excluding hydrogens is 343 g/mol. The molecule has 2 saturated heterocycles. The number of aliphatic carboxylic acids is 1. The van der Waals surface area contributed by atoms with Crippen LogP contribution < -0.4 is 0 Å². The van der Waals surface area contributed by atoms with Crippen molar-refractivity contribution in [3.8, 4) is 0 Å². The summed E-state index contributed by atoms with van der Waals surface area (Å²) in [6.45, 7) is 3.41. The van der Waals surface area contributed by atoms with E-state index in [9.17, 15) is 14.3 Å². The number of likely N-dealkylation sites (tertiary alicyclic amines) is 2. The third kappa shape index (κ3) is 3.07. The van der Waals surface area contributed by atoms with E-state index in [-0.39, 0.29) is 10.9 Å². The number of hydrogen-bond acceptors (Lipinski definition) is 3. The molecule has 0 aromatic heterocycles. The van der Waals surface area contributed by atoms with Crippen molar-refractivity contribution in [1.82, 2.24) is 9.80 Å². The minimum atomic E-state index is -0.678. The van der Waals surface area contributed by atoms with Gasteiger partial charge in [0.15, 0.2) is 0 Å². The molecule has 136 valence electrons. The smallest absolute Gasteiger partial charge is 0.312 e. The van der Waals surface area contributed by atoms with Gasteiger partial charge in [0.25, 0.3) is 0 Å². The van der Waals surface area contributed by atoms with Crippen molar-refractivity contribution in [2.75, 3.05) is 26.2 Å². The summed E-state index contributed by atoms with van der Waals surface area (Å²) in [5, 5.41) is 10.1. The Morgan fingerprint density at radius 1 is 1.28 bits per heavy atom. The highest BCUT2D eigenvalue weighted by Crippen LogP contribution is 2.45. The number of halogens is 2. The van der Waals surface area contributed by atoms with E-state index in [2.05, 4.69) is 9.80 Å². The maximum Gasteiger partial charge on any atom is 0.312 e. The lowest BCUT2D eigenvalue weighted by Gasteiger charge is -2.28. The van der Waals surface area contributed by atoms with Gasteiger partial charge in [-0.25, -0.2) is 4.39 Å². The lowest BCUT2D eigenvalue weighted by Crippen LogP contribution is -2.42. The minimum Gasteiger partial charge on any atom is -0.481 e. The summed E-state index contributed by atoms with van der Waals surface area (Å²) >= 11 is 5.75. The second-order valence-electron chi connectivity index (χ2n) is 7.94. The zero-order chi connectivity index (χ0) is 17.6. The Labute approximate surface area is 152 Å². The van der Waals surface area contributed by atoms with Crippen LogP contribution in [0.15, 0.2) is 18.2 Å². The standard InChI is InChI=1S/C19H24ClFN2O2/c20-16-6-5-13(7-17(16)21)8-22-9-14-10-23(15-3-1-2-4-15)12-19(14,11-22)18(24)25/h5-7,14-15H,1-4,8-12H2,(H,24,25)/t14-,19-/m1/s1. The topological polar surface area (TPSA) is 43.8 Å². The molecule has 1 aliphatic carbocycles. The van der Waals surface area contributed by atoms with E-state index in [0.717, 1.165) is 18.7 Å². The third-order valence-electron chi connectivity index (χ3n) is 6.36. The number of carboxylic acid groups (broad SMARTS) is 1. The molecule has 0 amide bonds. The number of carbonyl (C=O) groups is 1.